The van der Waals surface area contributed by atoms with Crippen molar-refractivity contribution < 1.29 is 9.90 Å². The molecule has 0 atom stereocenters. The number of rotatable bonds is 6. The minimum atomic E-state index is -1.01. The Morgan fingerprint density at radius 3 is 2.92 bits per heavy atom. The number of nitrogens with one attached hydrogen (secondary N) is 1. The highest BCUT2D eigenvalue weighted by molar-refractivity contribution is 8.04. The Hall–Kier alpha value is -2.80. The van der Waals surface area contributed by atoms with E-state index in [1.54, 1.807) is 13.0 Å². The van der Waals surface area contributed by atoms with Gasteiger partial charge in [0.15, 0.2) is 0 Å². The third-order valence-electron chi connectivity index (χ3n) is 3.42. The van der Waals surface area contributed by atoms with Gasteiger partial charge in [-0.05, 0) is 30.8 Å². The number of fused-ring (bicyclic) bond motifs is 1. The Balaban J connectivity index is 2.05. The van der Waals surface area contributed by atoms with Gasteiger partial charge >= 0.3 is 5.97 Å². The van der Waals surface area contributed by atoms with E-state index in [-0.39, 0.29) is 4.91 Å². The summed E-state index contributed by atoms with van der Waals surface area (Å²) in [6, 6.07) is 7.87. The summed E-state index contributed by atoms with van der Waals surface area (Å²) < 4.78 is 2.04. The molecular weight excluding hydrogens is 324 g/mol. The van der Waals surface area contributed by atoms with Crippen LogP contribution < -0.4 is 0 Å². The van der Waals surface area contributed by atoms with Crippen LogP contribution >= 0.6 is 11.8 Å². The molecule has 1 aromatic carbocycles. The number of carbonyl (C=O) groups is 1. The number of nitrogens with zero attached hydrogens (tertiary/aromatic N) is 3. The lowest BCUT2D eigenvalue weighted by Gasteiger charge is -1.98. The first kappa shape index (κ1) is 16.1. The maximum atomic E-state index is 11.6. The number of H-pyrrole nitrogens is 1. The molecule has 2 N–H and O–H groups in total. The van der Waals surface area contributed by atoms with E-state index in [1.165, 1.54) is 0 Å². The van der Waals surface area contributed by atoms with Crippen molar-refractivity contribution in [1.29, 1.82) is 0 Å². The van der Waals surface area contributed by atoms with E-state index < -0.39 is 5.97 Å². The molecule has 0 amide bonds. The Labute approximate surface area is 142 Å². The summed E-state index contributed by atoms with van der Waals surface area (Å²) in [6.07, 6.45) is 5.39. The Morgan fingerprint density at radius 2 is 2.25 bits per heavy atom. The molecule has 0 aliphatic rings. The zero-order valence-electron chi connectivity index (χ0n) is 13.1. The predicted molar refractivity (Wildman–Crippen MR) is 94.7 cm³/mol. The highest BCUT2D eigenvalue weighted by atomic mass is 32.2. The highest BCUT2D eigenvalue weighted by Gasteiger charge is 2.15. The van der Waals surface area contributed by atoms with Crippen LogP contribution in [0.2, 0.25) is 0 Å². The number of aryl methyl sites for hydroxylation is 1. The quantitative estimate of drug-likeness (QED) is 0.408. The van der Waals surface area contributed by atoms with E-state index in [4.69, 9.17) is 0 Å². The van der Waals surface area contributed by atoms with Crippen molar-refractivity contribution in [2.24, 2.45) is 0 Å². The Kier molecular flexibility index (Phi) is 4.52. The molecule has 0 aliphatic carbocycles. The number of allylic oxidation sites excluding steroid dienone is 1. The number of aromatic amines is 1. The lowest BCUT2D eigenvalue weighted by atomic mass is 10.1. The molecule has 7 heteroatoms. The molecule has 0 fully saturated rings. The van der Waals surface area contributed by atoms with Gasteiger partial charge < -0.3 is 9.67 Å². The van der Waals surface area contributed by atoms with Crippen LogP contribution in [0, 0.1) is 6.92 Å². The number of benzene rings is 1. The number of hydrogen-bond acceptors (Lipinski definition) is 4. The van der Waals surface area contributed by atoms with E-state index in [0.717, 1.165) is 28.2 Å². The normalized spacial score (nSPS) is 11.8. The van der Waals surface area contributed by atoms with Crippen LogP contribution in [0.4, 0.5) is 0 Å². The molecule has 6 nitrogen and oxygen atoms in total. The Morgan fingerprint density at radius 1 is 1.46 bits per heavy atom. The van der Waals surface area contributed by atoms with Crippen molar-refractivity contribution in [1.82, 2.24) is 19.7 Å². The number of carboxylic acids is 1. The summed E-state index contributed by atoms with van der Waals surface area (Å²) in [7, 11) is 0. The van der Waals surface area contributed by atoms with Gasteiger partial charge in [-0.1, -0.05) is 24.3 Å². The van der Waals surface area contributed by atoms with Crippen molar-refractivity contribution >= 4 is 34.7 Å². The molecule has 0 saturated heterocycles. The first-order valence-electron chi connectivity index (χ1n) is 7.29. The van der Waals surface area contributed by atoms with Crippen LogP contribution in [0.5, 0.6) is 0 Å². The second kappa shape index (κ2) is 6.76. The number of thioether (sulfide) groups is 1. The summed E-state index contributed by atoms with van der Waals surface area (Å²) in [5.74, 6) is -0.368. The number of aliphatic carboxylic acids is 1. The van der Waals surface area contributed by atoms with Crippen LogP contribution in [0.25, 0.3) is 17.0 Å². The van der Waals surface area contributed by atoms with Gasteiger partial charge in [0.25, 0.3) is 0 Å². The molecule has 122 valence electrons. The molecule has 0 bridgehead atoms. The monoisotopic (exact) mass is 340 g/mol. The van der Waals surface area contributed by atoms with Crippen molar-refractivity contribution in [2.75, 3.05) is 0 Å². The van der Waals surface area contributed by atoms with E-state index >= 15 is 0 Å². The van der Waals surface area contributed by atoms with Crippen LogP contribution in [-0.2, 0) is 11.3 Å². The van der Waals surface area contributed by atoms with Crippen LogP contribution in [0.1, 0.15) is 11.4 Å². The molecule has 2 heterocycles. The van der Waals surface area contributed by atoms with Crippen LogP contribution in [0.3, 0.4) is 0 Å². The zero-order chi connectivity index (χ0) is 17.1. The maximum Gasteiger partial charge on any atom is 0.342 e. The van der Waals surface area contributed by atoms with Gasteiger partial charge in [-0.2, -0.15) is 0 Å². The molecule has 3 aromatic rings. The summed E-state index contributed by atoms with van der Waals surface area (Å²) >= 11 is 1.02. The second-order valence-electron chi connectivity index (χ2n) is 5.16. The van der Waals surface area contributed by atoms with E-state index in [1.807, 2.05) is 41.1 Å². The lowest BCUT2D eigenvalue weighted by Crippen LogP contribution is -1.97. The number of carboxylic acid groups (broad SMARTS) is 1. The molecule has 3 rings (SSSR count). The topological polar surface area (TPSA) is 83.8 Å². The summed E-state index contributed by atoms with van der Waals surface area (Å²) in [4.78, 5) is 15.9. The highest BCUT2D eigenvalue weighted by Crippen LogP contribution is 2.29. The lowest BCUT2D eigenvalue weighted by molar-refractivity contribution is -0.131. The smallest absolute Gasteiger partial charge is 0.342 e. The minimum Gasteiger partial charge on any atom is -0.477 e. The Bertz CT molecular complexity index is 939. The second-order valence-corrected chi connectivity index (χ2v) is 6.17. The van der Waals surface area contributed by atoms with Crippen molar-refractivity contribution in [3.05, 3.63) is 59.4 Å². The van der Waals surface area contributed by atoms with Crippen LogP contribution in [0.15, 0.2) is 53.2 Å². The first-order valence-corrected chi connectivity index (χ1v) is 8.10. The molecule has 0 saturated carbocycles. The summed E-state index contributed by atoms with van der Waals surface area (Å²) in [5.41, 5.74) is 1.87. The third kappa shape index (κ3) is 3.26. The average Bonchev–Trinajstić information content (AvgIpc) is 3.12. The molecule has 0 radical (unpaired) electrons. The van der Waals surface area contributed by atoms with Crippen molar-refractivity contribution in [3.8, 4) is 0 Å². The SMILES string of the molecule is C=CCn1cc(/C=C(\Sc2n[nH]c(C)n2)C(=O)O)c2ccccc21. The number of hydrogen-bond donors (Lipinski definition) is 2. The van der Waals surface area contributed by atoms with Gasteiger partial charge in [0, 0.05) is 29.2 Å². The predicted octanol–water partition coefficient (Wildman–Crippen LogP) is 3.47. The number of aromatic nitrogens is 4. The third-order valence-corrected chi connectivity index (χ3v) is 4.30. The molecule has 0 spiro atoms. The first-order chi connectivity index (χ1) is 11.6. The maximum absolute atomic E-state index is 11.6. The van der Waals surface area contributed by atoms with Gasteiger partial charge in [0.2, 0.25) is 5.16 Å². The van der Waals surface area contributed by atoms with Gasteiger partial charge in [0.05, 0.1) is 0 Å². The van der Waals surface area contributed by atoms with Crippen molar-refractivity contribution in [2.45, 2.75) is 18.6 Å². The largest absolute Gasteiger partial charge is 0.477 e. The van der Waals surface area contributed by atoms with Gasteiger partial charge in [0.1, 0.15) is 10.7 Å². The molecule has 0 aliphatic heterocycles. The zero-order valence-corrected chi connectivity index (χ0v) is 13.9. The minimum absolute atomic E-state index is 0.163. The number of para-hydroxylation sites is 1. The summed E-state index contributed by atoms with van der Waals surface area (Å²) in [5, 5.41) is 17.6. The fourth-order valence-electron chi connectivity index (χ4n) is 2.42. The van der Waals surface area contributed by atoms with Crippen molar-refractivity contribution in [3.63, 3.8) is 0 Å². The van der Waals surface area contributed by atoms with Gasteiger partial charge in [-0.25, -0.2) is 9.78 Å². The van der Waals surface area contributed by atoms with E-state index in [0.29, 0.717) is 17.5 Å². The average molecular weight is 340 g/mol. The molecule has 24 heavy (non-hydrogen) atoms. The van der Waals surface area contributed by atoms with Crippen LogP contribution in [-0.4, -0.2) is 30.8 Å². The fourth-order valence-corrected chi connectivity index (χ4v) is 3.17. The standard InChI is InChI=1S/C17H16N4O2S/c1-3-8-21-10-12(13-6-4-5-7-14(13)21)9-15(16(22)23)24-17-18-11(2)19-20-17/h3-7,9-10H,1,8H2,2H3,(H,22,23)(H,18,19,20)/b15-9-. The molecule has 2 aromatic heterocycles. The molecule has 0 unspecified atom stereocenters. The van der Waals surface area contributed by atoms with E-state index in [9.17, 15) is 9.90 Å². The molecular formula is C17H16N4O2S. The summed E-state index contributed by atoms with van der Waals surface area (Å²) in [6.45, 7) is 6.19. The van der Waals surface area contributed by atoms with Gasteiger partial charge in [-0.15, -0.1) is 11.7 Å². The van der Waals surface area contributed by atoms with E-state index in [2.05, 4.69) is 21.8 Å². The fraction of sp³-hybridized carbons (Fsp3) is 0.118. The van der Waals surface area contributed by atoms with Gasteiger partial charge in [-0.3, -0.25) is 5.10 Å².